The zero-order chi connectivity index (χ0) is 17.1. The van der Waals surface area contributed by atoms with Crippen molar-refractivity contribution in [1.29, 1.82) is 0 Å². The number of ether oxygens (including phenoxy) is 3. The van der Waals surface area contributed by atoms with Crippen LogP contribution < -0.4 is 4.74 Å². The van der Waals surface area contributed by atoms with Crippen LogP contribution in [0.4, 0.5) is 0 Å². The molecule has 3 aliphatic rings. The third kappa shape index (κ3) is 4.33. The molecule has 3 fully saturated rings. The maximum absolute atomic E-state index is 6.25. The summed E-state index contributed by atoms with van der Waals surface area (Å²) in [4.78, 5) is 2.54. The van der Waals surface area contributed by atoms with Crippen molar-refractivity contribution in [3.8, 4) is 5.75 Å². The van der Waals surface area contributed by atoms with Crippen LogP contribution in [0.5, 0.6) is 5.75 Å². The molecule has 0 unspecified atom stereocenters. The first-order chi connectivity index (χ1) is 12.2. The topological polar surface area (TPSA) is 30.9 Å². The van der Waals surface area contributed by atoms with Gasteiger partial charge < -0.3 is 14.2 Å². The Morgan fingerprint density at radius 3 is 2.92 bits per heavy atom. The van der Waals surface area contributed by atoms with Gasteiger partial charge in [-0.15, -0.1) is 11.8 Å². The van der Waals surface area contributed by atoms with E-state index in [0.717, 1.165) is 37.9 Å². The number of hydrogen-bond donors (Lipinski definition) is 0. The summed E-state index contributed by atoms with van der Waals surface area (Å²) in [6, 6.07) is 8.42. The number of thioether (sulfide) groups is 1. The van der Waals surface area contributed by atoms with Crippen molar-refractivity contribution in [3.63, 3.8) is 0 Å². The molecule has 1 aromatic rings. The van der Waals surface area contributed by atoms with Crippen molar-refractivity contribution < 1.29 is 14.2 Å². The van der Waals surface area contributed by atoms with Gasteiger partial charge in [0.1, 0.15) is 5.75 Å². The molecule has 3 saturated heterocycles. The first-order valence-electron chi connectivity index (χ1n) is 9.43. The molecule has 0 bridgehead atoms. The van der Waals surface area contributed by atoms with Crippen molar-refractivity contribution in [1.82, 2.24) is 4.90 Å². The molecule has 0 N–H and O–H groups in total. The van der Waals surface area contributed by atoms with Crippen LogP contribution in [0.25, 0.3) is 0 Å². The van der Waals surface area contributed by atoms with Crippen molar-refractivity contribution in [2.24, 2.45) is 5.92 Å². The molecule has 1 aromatic carbocycles. The second kappa shape index (κ2) is 7.87. The first kappa shape index (κ1) is 17.7. The summed E-state index contributed by atoms with van der Waals surface area (Å²) in [6.45, 7) is 6.15. The van der Waals surface area contributed by atoms with Gasteiger partial charge in [0, 0.05) is 50.0 Å². The van der Waals surface area contributed by atoms with Crippen LogP contribution >= 0.6 is 11.8 Å². The van der Waals surface area contributed by atoms with Gasteiger partial charge in [-0.25, -0.2) is 0 Å². The summed E-state index contributed by atoms with van der Waals surface area (Å²) in [6.07, 6.45) is 4.00. The van der Waals surface area contributed by atoms with Crippen LogP contribution in [0.2, 0.25) is 0 Å². The van der Waals surface area contributed by atoms with E-state index in [0.29, 0.717) is 16.8 Å². The molecule has 138 valence electrons. The Morgan fingerprint density at radius 2 is 2.12 bits per heavy atom. The van der Waals surface area contributed by atoms with Gasteiger partial charge >= 0.3 is 0 Å². The first-order valence-corrected chi connectivity index (χ1v) is 10.4. The predicted molar refractivity (Wildman–Crippen MR) is 101 cm³/mol. The zero-order valence-corrected chi connectivity index (χ0v) is 15.9. The Kier molecular flexibility index (Phi) is 5.56. The Balaban J connectivity index is 1.20. The van der Waals surface area contributed by atoms with Gasteiger partial charge in [-0.2, -0.15) is 0 Å². The van der Waals surface area contributed by atoms with Crippen molar-refractivity contribution >= 4 is 11.8 Å². The lowest BCUT2D eigenvalue weighted by atomic mass is 9.92. The van der Waals surface area contributed by atoms with Crippen LogP contribution in [-0.2, 0) is 16.0 Å². The van der Waals surface area contributed by atoms with E-state index in [9.17, 15) is 0 Å². The van der Waals surface area contributed by atoms with E-state index in [1.165, 1.54) is 37.9 Å². The highest BCUT2D eigenvalue weighted by atomic mass is 32.2. The Morgan fingerprint density at radius 1 is 1.28 bits per heavy atom. The van der Waals surface area contributed by atoms with E-state index < -0.39 is 0 Å². The average molecular weight is 364 g/mol. The van der Waals surface area contributed by atoms with E-state index in [4.69, 9.17) is 14.2 Å². The molecular weight excluding hydrogens is 334 g/mol. The van der Waals surface area contributed by atoms with Crippen molar-refractivity contribution in [2.75, 3.05) is 45.8 Å². The maximum Gasteiger partial charge on any atom is 0.119 e. The SMILES string of the molecule is COc1cccc(CN2CC3(C[C@H](OCC4CCOCC4)CS3)C2)c1. The Labute approximate surface area is 155 Å². The van der Waals surface area contributed by atoms with Crippen molar-refractivity contribution in [3.05, 3.63) is 29.8 Å². The van der Waals surface area contributed by atoms with Gasteiger partial charge in [-0.05, 0) is 42.9 Å². The van der Waals surface area contributed by atoms with Gasteiger partial charge in [-0.1, -0.05) is 12.1 Å². The van der Waals surface area contributed by atoms with Gasteiger partial charge in [0.15, 0.2) is 0 Å². The molecule has 0 aromatic heterocycles. The van der Waals surface area contributed by atoms with Gasteiger partial charge in [0.2, 0.25) is 0 Å². The standard InChI is InChI=1S/C20H29NO3S/c1-22-18-4-2-3-17(9-18)11-21-14-20(15-21)10-19(13-25-20)24-12-16-5-7-23-8-6-16/h2-4,9,16,19H,5-8,10-15H2,1H3/t19-/m0/s1. The summed E-state index contributed by atoms with van der Waals surface area (Å²) < 4.78 is 17.4. The molecule has 0 saturated carbocycles. The lowest BCUT2D eigenvalue weighted by Crippen LogP contribution is -2.58. The highest BCUT2D eigenvalue weighted by molar-refractivity contribution is 8.01. The van der Waals surface area contributed by atoms with E-state index in [2.05, 4.69) is 34.9 Å². The molecule has 0 amide bonds. The number of benzene rings is 1. The number of rotatable bonds is 6. The third-order valence-corrected chi connectivity index (χ3v) is 7.22. The Bertz CT molecular complexity index is 570. The molecule has 25 heavy (non-hydrogen) atoms. The number of nitrogens with zero attached hydrogens (tertiary/aromatic N) is 1. The second-order valence-electron chi connectivity index (χ2n) is 7.71. The largest absolute Gasteiger partial charge is 0.497 e. The summed E-state index contributed by atoms with van der Waals surface area (Å²) in [7, 11) is 1.73. The van der Waals surface area contributed by atoms with Gasteiger partial charge in [-0.3, -0.25) is 4.90 Å². The normalized spacial score (nSPS) is 26.7. The van der Waals surface area contributed by atoms with Crippen LogP contribution in [0.15, 0.2) is 24.3 Å². The molecule has 1 atom stereocenters. The number of methoxy groups -OCH3 is 1. The summed E-state index contributed by atoms with van der Waals surface area (Å²) in [5, 5.41) is 0. The average Bonchev–Trinajstić information content (AvgIpc) is 3.05. The fourth-order valence-corrected chi connectivity index (χ4v) is 5.83. The Hall–Kier alpha value is -0.750. The molecule has 4 rings (SSSR count). The molecule has 3 heterocycles. The minimum atomic E-state index is 0.444. The number of hydrogen-bond acceptors (Lipinski definition) is 5. The smallest absolute Gasteiger partial charge is 0.119 e. The molecule has 5 heteroatoms. The van der Waals surface area contributed by atoms with E-state index in [1.54, 1.807) is 7.11 Å². The van der Waals surface area contributed by atoms with E-state index in [1.807, 2.05) is 6.07 Å². The van der Waals surface area contributed by atoms with Gasteiger partial charge in [0.25, 0.3) is 0 Å². The highest BCUT2D eigenvalue weighted by Gasteiger charge is 2.49. The fourth-order valence-electron chi connectivity index (χ4n) is 4.22. The molecule has 0 aliphatic carbocycles. The van der Waals surface area contributed by atoms with E-state index in [-0.39, 0.29) is 0 Å². The lowest BCUT2D eigenvalue weighted by Gasteiger charge is -2.47. The van der Waals surface area contributed by atoms with Crippen LogP contribution in [0.1, 0.15) is 24.8 Å². The minimum absolute atomic E-state index is 0.444. The van der Waals surface area contributed by atoms with Crippen LogP contribution in [0.3, 0.4) is 0 Å². The second-order valence-corrected chi connectivity index (χ2v) is 9.19. The zero-order valence-electron chi connectivity index (χ0n) is 15.1. The monoisotopic (exact) mass is 363 g/mol. The summed E-state index contributed by atoms with van der Waals surface area (Å²) in [5.41, 5.74) is 1.34. The fraction of sp³-hybridized carbons (Fsp3) is 0.700. The molecule has 3 aliphatic heterocycles. The maximum atomic E-state index is 6.25. The van der Waals surface area contributed by atoms with Gasteiger partial charge in [0.05, 0.1) is 13.2 Å². The highest BCUT2D eigenvalue weighted by Crippen LogP contribution is 2.46. The van der Waals surface area contributed by atoms with Crippen molar-refractivity contribution in [2.45, 2.75) is 36.7 Å². The molecule has 0 radical (unpaired) electrons. The van der Waals surface area contributed by atoms with Crippen LogP contribution in [0, 0.1) is 5.92 Å². The number of likely N-dealkylation sites (tertiary alicyclic amines) is 1. The minimum Gasteiger partial charge on any atom is -0.497 e. The quantitative estimate of drug-likeness (QED) is 0.775. The molecular formula is C20H29NO3S. The lowest BCUT2D eigenvalue weighted by molar-refractivity contribution is -0.0133. The van der Waals surface area contributed by atoms with Crippen LogP contribution in [-0.4, -0.2) is 61.5 Å². The molecule has 4 nitrogen and oxygen atoms in total. The predicted octanol–water partition coefficient (Wildman–Crippen LogP) is 3.20. The summed E-state index contributed by atoms with van der Waals surface area (Å²) >= 11 is 2.13. The summed E-state index contributed by atoms with van der Waals surface area (Å²) in [5.74, 6) is 2.82. The third-order valence-electron chi connectivity index (χ3n) is 5.65. The molecule has 1 spiro atoms. The van der Waals surface area contributed by atoms with E-state index >= 15 is 0 Å².